The maximum Gasteiger partial charge on any atom is 0.275 e. The van der Waals surface area contributed by atoms with E-state index in [1.54, 1.807) is 20.9 Å². The number of amides is 3. The van der Waals surface area contributed by atoms with Crippen molar-refractivity contribution in [2.75, 3.05) is 19.6 Å². The van der Waals surface area contributed by atoms with Crippen LogP contribution in [0.25, 0.3) is 5.69 Å². The molecule has 160 valence electrons. The van der Waals surface area contributed by atoms with Crippen molar-refractivity contribution in [2.24, 2.45) is 0 Å². The summed E-state index contributed by atoms with van der Waals surface area (Å²) < 4.78 is 1.74. The van der Waals surface area contributed by atoms with E-state index in [2.05, 4.69) is 10.4 Å². The molecule has 1 fully saturated rings. The van der Waals surface area contributed by atoms with E-state index in [1.807, 2.05) is 37.3 Å². The molecule has 0 spiro atoms. The number of unbranched alkanes of at least 4 members (excludes halogenated alkanes) is 2. The summed E-state index contributed by atoms with van der Waals surface area (Å²) in [7, 11) is 0. The molecule has 1 N–H and O–H groups in total. The minimum atomic E-state index is -0.189. The number of hydrogen-bond donors (Lipinski definition) is 1. The van der Waals surface area contributed by atoms with Crippen LogP contribution >= 0.6 is 0 Å². The van der Waals surface area contributed by atoms with E-state index in [-0.39, 0.29) is 17.7 Å². The van der Waals surface area contributed by atoms with E-state index in [0.29, 0.717) is 31.6 Å². The van der Waals surface area contributed by atoms with Crippen molar-refractivity contribution in [1.82, 2.24) is 25.1 Å². The molecule has 0 radical (unpaired) electrons. The van der Waals surface area contributed by atoms with Gasteiger partial charge in [-0.2, -0.15) is 5.10 Å². The second-order valence-electron chi connectivity index (χ2n) is 7.48. The molecule has 2 aromatic rings. The van der Waals surface area contributed by atoms with Gasteiger partial charge in [0.15, 0.2) is 0 Å². The van der Waals surface area contributed by atoms with Crippen LogP contribution in [0.5, 0.6) is 0 Å². The Morgan fingerprint density at radius 2 is 1.77 bits per heavy atom. The molecule has 3 amide bonds. The highest BCUT2D eigenvalue weighted by atomic mass is 16.2. The summed E-state index contributed by atoms with van der Waals surface area (Å²) in [5.41, 5.74) is 2.15. The molecule has 0 bridgehead atoms. The zero-order chi connectivity index (χ0) is 21.5. The zero-order valence-corrected chi connectivity index (χ0v) is 17.6. The van der Waals surface area contributed by atoms with Gasteiger partial charge in [-0.15, -0.1) is 0 Å². The second-order valence-corrected chi connectivity index (χ2v) is 7.48. The van der Waals surface area contributed by atoms with Crippen molar-refractivity contribution >= 4 is 17.7 Å². The Kier molecular flexibility index (Phi) is 7.21. The van der Waals surface area contributed by atoms with Gasteiger partial charge < -0.3 is 5.32 Å². The monoisotopic (exact) mass is 411 g/mol. The van der Waals surface area contributed by atoms with Gasteiger partial charge >= 0.3 is 0 Å². The largest absolute Gasteiger partial charge is 0.356 e. The number of hydrogen-bond acceptors (Lipinski definition) is 4. The van der Waals surface area contributed by atoms with Crippen LogP contribution in [-0.4, -0.2) is 57.2 Å². The highest BCUT2D eigenvalue weighted by Gasteiger charge is 2.32. The first-order valence-corrected chi connectivity index (χ1v) is 10.5. The Morgan fingerprint density at radius 3 is 2.50 bits per heavy atom. The molecule has 1 aliphatic rings. The maximum atomic E-state index is 13.1. The van der Waals surface area contributed by atoms with Crippen molar-refractivity contribution in [1.29, 1.82) is 0 Å². The first-order chi connectivity index (χ1) is 14.5. The fourth-order valence-corrected chi connectivity index (χ4v) is 3.64. The minimum absolute atomic E-state index is 0.0338. The van der Waals surface area contributed by atoms with Gasteiger partial charge in [-0.3, -0.25) is 19.4 Å². The number of benzene rings is 1. The Morgan fingerprint density at radius 1 is 1.03 bits per heavy atom. The van der Waals surface area contributed by atoms with E-state index in [9.17, 15) is 14.4 Å². The molecule has 30 heavy (non-hydrogen) atoms. The average molecular weight is 412 g/mol. The third-order valence-electron chi connectivity index (χ3n) is 5.24. The molecule has 2 heterocycles. The summed E-state index contributed by atoms with van der Waals surface area (Å²) in [6.45, 7) is 5.08. The topological polar surface area (TPSA) is 87.5 Å². The Hall–Kier alpha value is -3.16. The predicted octanol–water partition coefficient (Wildman–Crippen LogP) is 2.47. The fraction of sp³-hybridized carbons (Fsp3) is 0.455. The SMILES string of the molecule is CC(=O)NCCCCCC(=O)N1CCCN1C(=O)c1cnn(-c2ccccc2)c1C. The number of rotatable bonds is 8. The number of nitrogens with zero attached hydrogens (tertiary/aromatic N) is 4. The van der Waals surface area contributed by atoms with Crippen molar-refractivity contribution in [2.45, 2.75) is 46.0 Å². The molecular formula is C22H29N5O3. The van der Waals surface area contributed by atoms with Gasteiger partial charge in [0.05, 0.1) is 23.1 Å². The summed E-state index contributed by atoms with van der Waals surface area (Å²) in [4.78, 5) is 36.7. The standard InChI is InChI=1S/C22H29N5O3/c1-17-20(16-24-27(17)19-10-5-3-6-11-19)22(30)26-15-9-14-25(26)21(29)12-7-4-8-13-23-18(2)28/h3,5-6,10-11,16H,4,7-9,12-15H2,1-2H3,(H,23,28). The summed E-state index contributed by atoms with van der Waals surface area (Å²) in [6.07, 6.45) is 5.18. The van der Waals surface area contributed by atoms with Crippen LogP contribution in [0, 0.1) is 6.92 Å². The molecule has 3 rings (SSSR count). The number of aromatic nitrogens is 2. The summed E-state index contributed by atoms with van der Waals surface area (Å²) >= 11 is 0. The van der Waals surface area contributed by atoms with Crippen molar-refractivity contribution in [3.63, 3.8) is 0 Å². The van der Waals surface area contributed by atoms with Gasteiger partial charge in [0.1, 0.15) is 0 Å². The van der Waals surface area contributed by atoms with Crippen molar-refractivity contribution in [3.05, 3.63) is 47.8 Å². The summed E-state index contributed by atoms with van der Waals surface area (Å²) in [5, 5.41) is 10.3. The van der Waals surface area contributed by atoms with Crippen molar-refractivity contribution < 1.29 is 14.4 Å². The van der Waals surface area contributed by atoms with Crippen LogP contribution in [-0.2, 0) is 9.59 Å². The molecular weight excluding hydrogens is 382 g/mol. The van der Waals surface area contributed by atoms with Crippen molar-refractivity contribution in [3.8, 4) is 5.69 Å². The van der Waals surface area contributed by atoms with Crippen LogP contribution in [0.3, 0.4) is 0 Å². The number of nitrogens with one attached hydrogen (secondary N) is 1. The smallest absolute Gasteiger partial charge is 0.275 e. The molecule has 8 heteroatoms. The van der Waals surface area contributed by atoms with Crippen LogP contribution in [0.2, 0.25) is 0 Å². The molecule has 0 atom stereocenters. The minimum Gasteiger partial charge on any atom is -0.356 e. The highest BCUT2D eigenvalue weighted by molar-refractivity contribution is 5.96. The average Bonchev–Trinajstić information content (AvgIpc) is 3.37. The van der Waals surface area contributed by atoms with E-state index in [0.717, 1.165) is 37.1 Å². The summed E-state index contributed by atoms with van der Waals surface area (Å²) in [6, 6.07) is 9.66. The van der Waals surface area contributed by atoms with E-state index >= 15 is 0 Å². The molecule has 0 unspecified atom stereocenters. The van der Waals surface area contributed by atoms with Crippen LogP contribution < -0.4 is 5.32 Å². The Balaban J connectivity index is 1.59. The lowest BCUT2D eigenvalue weighted by atomic mass is 10.2. The molecule has 1 aromatic heterocycles. The quantitative estimate of drug-likeness (QED) is 0.676. The predicted molar refractivity (Wildman–Crippen MR) is 113 cm³/mol. The molecule has 8 nitrogen and oxygen atoms in total. The summed E-state index contributed by atoms with van der Waals surface area (Å²) in [5.74, 6) is -0.261. The lowest BCUT2D eigenvalue weighted by Crippen LogP contribution is -2.44. The lowest BCUT2D eigenvalue weighted by molar-refractivity contribution is -0.140. The fourth-order valence-electron chi connectivity index (χ4n) is 3.64. The molecule has 1 saturated heterocycles. The van der Waals surface area contributed by atoms with E-state index in [4.69, 9.17) is 0 Å². The third-order valence-corrected chi connectivity index (χ3v) is 5.24. The molecule has 0 aliphatic carbocycles. The van der Waals surface area contributed by atoms with Gasteiger partial charge in [-0.1, -0.05) is 24.6 Å². The normalized spacial score (nSPS) is 13.5. The van der Waals surface area contributed by atoms with Gasteiger partial charge in [0, 0.05) is 33.0 Å². The van der Waals surface area contributed by atoms with Gasteiger partial charge in [-0.25, -0.2) is 9.69 Å². The van der Waals surface area contributed by atoms with Crippen LogP contribution in [0.1, 0.15) is 55.1 Å². The van der Waals surface area contributed by atoms with Gasteiger partial charge in [0.2, 0.25) is 11.8 Å². The highest BCUT2D eigenvalue weighted by Crippen LogP contribution is 2.20. The lowest BCUT2D eigenvalue weighted by Gasteiger charge is -2.28. The van der Waals surface area contributed by atoms with E-state index in [1.165, 1.54) is 6.92 Å². The first-order valence-electron chi connectivity index (χ1n) is 10.5. The molecule has 0 saturated carbocycles. The number of hydrazine groups is 1. The Labute approximate surface area is 176 Å². The number of carbonyl (C=O) groups excluding carboxylic acids is 3. The first kappa shape index (κ1) is 21.5. The van der Waals surface area contributed by atoms with E-state index < -0.39 is 0 Å². The van der Waals surface area contributed by atoms with Gasteiger partial charge in [0.25, 0.3) is 5.91 Å². The number of carbonyl (C=O) groups is 3. The maximum absolute atomic E-state index is 13.1. The Bertz CT molecular complexity index is 893. The van der Waals surface area contributed by atoms with Gasteiger partial charge in [-0.05, 0) is 38.3 Å². The number of para-hydroxylation sites is 1. The van der Waals surface area contributed by atoms with Crippen LogP contribution in [0.4, 0.5) is 0 Å². The second kappa shape index (κ2) is 10.0. The molecule has 1 aromatic carbocycles. The third kappa shape index (κ3) is 5.06. The van der Waals surface area contributed by atoms with Crippen LogP contribution in [0.15, 0.2) is 36.5 Å². The zero-order valence-electron chi connectivity index (χ0n) is 17.6. The molecule has 1 aliphatic heterocycles.